The van der Waals surface area contributed by atoms with Gasteiger partial charge >= 0.3 is 0 Å². The molecule has 2 heterocycles. The molecule has 0 saturated carbocycles. The summed E-state index contributed by atoms with van der Waals surface area (Å²) in [7, 11) is 0. The van der Waals surface area contributed by atoms with E-state index in [1.54, 1.807) is 17.0 Å². The first-order valence-electron chi connectivity index (χ1n) is 9.06. The Hall–Kier alpha value is -2.94. The number of carbonyl (C=O) groups excluding carboxylic acids is 1. The number of hydrogen-bond donors (Lipinski definition) is 0. The molecule has 1 fully saturated rings. The Morgan fingerprint density at radius 2 is 1.66 bits per heavy atom. The molecule has 9 heteroatoms. The van der Waals surface area contributed by atoms with E-state index in [0.29, 0.717) is 32.6 Å². The minimum Gasteiger partial charge on any atom is -0.343 e. The molecule has 0 unspecified atom stereocenters. The molecule has 3 aromatic rings. The zero-order chi connectivity index (χ0) is 20.4. The molecule has 0 N–H and O–H groups in total. The van der Waals surface area contributed by atoms with Gasteiger partial charge in [0.15, 0.2) is 11.6 Å². The first kappa shape index (κ1) is 19.4. The van der Waals surface area contributed by atoms with Crippen molar-refractivity contribution in [1.82, 2.24) is 15.1 Å². The molecule has 1 aliphatic rings. The van der Waals surface area contributed by atoms with E-state index < -0.39 is 11.6 Å². The summed E-state index contributed by atoms with van der Waals surface area (Å²) >= 11 is 1.46. The number of carbonyl (C=O) groups is 1. The topological polar surface area (TPSA) is 49.3 Å². The maximum absolute atomic E-state index is 13.4. The number of rotatable bonds is 4. The van der Waals surface area contributed by atoms with Gasteiger partial charge in [-0.3, -0.25) is 4.79 Å². The number of nitrogens with zero attached hydrogens (tertiary/aromatic N) is 4. The predicted octanol–water partition coefficient (Wildman–Crippen LogP) is 3.51. The van der Waals surface area contributed by atoms with E-state index in [9.17, 15) is 18.0 Å². The van der Waals surface area contributed by atoms with Gasteiger partial charge in [0.25, 0.3) is 5.91 Å². The fourth-order valence-corrected chi connectivity index (χ4v) is 4.06. The van der Waals surface area contributed by atoms with Crippen molar-refractivity contribution in [3.8, 4) is 0 Å². The SMILES string of the molecule is O=C(c1ccc(F)c(F)c1)N1CCN(c2nnc(Cc3ccc(F)cc3)s2)CC1. The van der Waals surface area contributed by atoms with E-state index in [-0.39, 0.29) is 17.3 Å². The van der Waals surface area contributed by atoms with Crippen LogP contribution in [0.15, 0.2) is 42.5 Å². The summed E-state index contributed by atoms with van der Waals surface area (Å²) in [5, 5.41) is 10.0. The third-order valence-electron chi connectivity index (χ3n) is 4.73. The van der Waals surface area contributed by atoms with Gasteiger partial charge in [0.05, 0.1) is 0 Å². The highest BCUT2D eigenvalue weighted by Gasteiger charge is 2.24. The molecular formula is C20H17F3N4OS. The lowest BCUT2D eigenvalue weighted by Gasteiger charge is -2.34. The van der Waals surface area contributed by atoms with E-state index >= 15 is 0 Å². The van der Waals surface area contributed by atoms with E-state index in [0.717, 1.165) is 27.8 Å². The Morgan fingerprint density at radius 3 is 2.34 bits per heavy atom. The van der Waals surface area contributed by atoms with Crippen molar-refractivity contribution in [3.63, 3.8) is 0 Å². The largest absolute Gasteiger partial charge is 0.343 e. The van der Waals surface area contributed by atoms with Crippen molar-refractivity contribution in [3.05, 3.63) is 76.1 Å². The van der Waals surface area contributed by atoms with Crippen molar-refractivity contribution in [2.75, 3.05) is 31.1 Å². The van der Waals surface area contributed by atoms with Crippen molar-refractivity contribution < 1.29 is 18.0 Å². The van der Waals surface area contributed by atoms with Crippen LogP contribution in [0.4, 0.5) is 18.3 Å². The predicted molar refractivity (Wildman–Crippen MR) is 104 cm³/mol. The summed E-state index contributed by atoms with van der Waals surface area (Å²) in [6, 6.07) is 9.46. The van der Waals surface area contributed by atoms with Gasteiger partial charge in [-0.25, -0.2) is 13.2 Å². The molecule has 0 radical (unpaired) electrons. The summed E-state index contributed by atoms with van der Waals surface area (Å²) in [5.74, 6) is -2.60. The van der Waals surface area contributed by atoms with Gasteiger partial charge < -0.3 is 9.80 Å². The molecule has 1 aromatic heterocycles. The van der Waals surface area contributed by atoms with Gasteiger partial charge in [-0.2, -0.15) is 0 Å². The molecule has 4 rings (SSSR count). The molecular weight excluding hydrogens is 401 g/mol. The van der Waals surface area contributed by atoms with Crippen LogP contribution in [-0.4, -0.2) is 47.2 Å². The summed E-state index contributed by atoms with van der Waals surface area (Å²) in [5.41, 5.74) is 1.09. The second-order valence-electron chi connectivity index (χ2n) is 6.69. The lowest BCUT2D eigenvalue weighted by atomic mass is 10.1. The number of benzene rings is 2. The van der Waals surface area contributed by atoms with E-state index in [4.69, 9.17) is 0 Å². The van der Waals surface area contributed by atoms with Crippen LogP contribution in [-0.2, 0) is 6.42 Å². The van der Waals surface area contributed by atoms with Gasteiger partial charge in [0, 0.05) is 38.2 Å². The Bertz CT molecular complexity index is 1020. The van der Waals surface area contributed by atoms with Crippen molar-refractivity contribution in [2.45, 2.75) is 6.42 Å². The fraction of sp³-hybridized carbons (Fsp3) is 0.250. The number of halogens is 3. The Kier molecular flexibility index (Phi) is 5.48. The first-order chi connectivity index (χ1) is 14.0. The first-order valence-corrected chi connectivity index (χ1v) is 9.87. The highest BCUT2D eigenvalue weighted by molar-refractivity contribution is 7.15. The molecule has 1 saturated heterocycles. The average Bonchev–Trinajstić information content (AvgIpc) is 3.20. The van der Waals surface area contributed by atoms with Gasteiger partial charge in [-0.15, -0.1) is 10.2 Å². The molecule has 0 spiro atoms. The lowest BCUT2D eigenvalue weighted by Crippen LogP contribution is -2.48. The second-order valence-corrected chi connectivity index (χ2v) is 7.73. The Labute approximate surface area is 169 Å². The zero-order valence-electron chi connectivity index (χ0n) is 15.3. The number of aromatic nitrogens is 2. The Balaban J connectivity index is 1.36. The highest BCUT2D eigenvalue weighted by atomic mass is 32.1. The van der Waals surface area contributed by atoms with Crippen LogP contribution in [0.25, 0.3) is 0 Å². The molecule has 1 aliphatic heterocycles. The minimum absolute atomic E-state index is 0.134. The van der Waals surface area contributed by atoms with Gasteiger partial charge in [-0.05, 0) is 35.9 Å². The van der Waals surface area contributed by atoms with Crippen LogP contribution in [0.2, 0.25) is 0 Å². The standard InChI is InChI=1S/C20H17F3N4OS/c21-15-4-1-13(2-5-15)11-18-24-25-20(29-18)27-9-7-26(8-10-27)19(28)14-3-6-16(22)17(23)12-14/h1-6,12H,7-11H2. The van der Waals surface area contributed by atoms with E-state index in [2.05, 4.69) is 10.2 Å². The van der Waals surface area contributed by atoms with Crippen LogP contribution in [0.5, 0.6) is 0 Å². The normalized spacial score (nSPS) is 14.3. The summed E-state index contributed by atoms with van der Waals surface area (Å²) in [6.45, 7) is 2.04. The minimum atomic E-state index is -1.03. The summed E-state index contributed by atoms with van der Waals surface area (Å²) in [4.78, 5) is 16.2. The lowest BCUT2D eigenvalue weighted by molar-refractivity contribution is 0.0746. The van der Waals surface area contributed by atoms with Gasteiger partial charge in [-0.1, -0.05) is 23.5 Å². The number of piperazine rings is 1. The molecule has 1 amide bonds. The van der Waals surface area contributed by atoms with Gasteiger partial charge in [0.2, 0.25) is 5.13 Å². The van der Waals surface area contributed by atoms with Crippen LogP contribution < -0.4 is 4.90 Å². The van der Waals surface area contributed by atoms with E-state index in [1.807, 2.05) is 4.90 Å². The molecule has 150 valence electrons. The highest BCUT2D eigenvalue weighted by Crippen LogP contribution is 2.24. The molecule has 0 aliphatic carbocycles. The maximum atomic E-state index is 13.4. The molecule has 0 atom stereocenters. The van der Waals surface area contributed by atoms with Crippen molar-refractivity contribution >= 4 is 22.4 Å². The van der Waals surface area contributed by atoms with Crippen LogP contribution in [0.3, 0.4) is 0 Å². The third kappa shape index (κ3) is 4.40. The van der Waals surface area contributed by atoms with Gasteiger partial charge in [0.1, 0.15) is 10.8 Å². The number of hydrogen-bond acceptors (Lipinski definition) is 5. The number of anilines is 1. The third-order valence-corrected chi connectivity index (χ3v) is 5.71. The maximum Gasteiger partial charge on any atom is 0.254 e. The average molecular weight is 418 g/mol. The Morgan fingerprint density at radius 1 is 0.931 bits per heavy atom. The molecule has 29 heavy (non-hydrogen) atoms. The molecule has 5 nitrogen and oxygen atoms in total. The van der Waals surface area contributed by atoms with Crippen LogP contribution in [0, 0.1) is 17.5 Å². The monoisotopic (exact) mass is 418 g/mol. The fourth-order valence-electron chi connectivity index (χ4n) is 3.13. The zero-order valence-corrected chi connectivity index (χ0v) is 16.1. The molecule has 2 aromatic carbocycles. The summed E-state index contributed by atoms with van der Waals surface area (Å²) in [6.07, 6.45) is 0.576. The summed E-state index contributed by atoms with van der Waals surface area (Å²) < 4.78 is 39.5. The van der Waals surface area contributed by atoms with Crippen LogP contribution >= 0.6 is 11.3 Å². The van der Waals surface area contributed by atoms with Crippen molar-refractivity contribution in [1.29, 1.82) is 0 Å². The quantitative estimate of drug-likeness (QED) is 0.651. The second kappa shape index (κ2) is 8.20. The smallest absolute Gasteiger partial charge is 0.254 e. The van der Waals surface area contributed by atoms with E-state index in [1.165, 1.54) is 29.5 Å². The molecule has 0 bridgehead atoms. The van der Waals surface area contributed by atoms with Crippen molar-refractivity contribution in [2.24, 2.45) is 0 Å². The van der Waals surface area contributed by atoms with Crippen LogP contribution in [0.1, 0.15) is 20.9 Å². The number of amides is 1.